The highest BCUT2D eigenvalue weighted by Gasteiger charge is 2.22. The smallest absolute Gasteiger partial charge is 0.462 e. The molecule has 0 saturated heterocycles. The lowest BCUT2D eigenvalue weighted by Crippen LogP contribution is -2.36. The quantitative estimate of drug-likeness (QED) is 0.0185. The maximum atomic E-state index is 12.4. The van der Waals surface area contributed by atoms with Gasteiger partial charge in [0.1, 0.15) is 13.2 Å². The summed E-state index contributed by atoms with van der Waals surface area (Å²) in [5, 5.41) is 8.39. The molecule has 0 saturated carbocycles. The van der Waals surface area contributed by atoms with Crippen LogP contribution in [0.25, 0.3) is 0 Å². The largest absolute Gasteiger partial charge is 0.469 e. The zero-order valence-electron chi connectivity index (χ0n) is 37.5. The average Bonchev–Trinajstić information content (AvgIpc) is 3.17. The predicted molar refractivity (Wildman–Crippen MR) is 246 cm³/mol. The highest BCUT2D eigenvalue weighted by molar-refractivity contribution is 7.46. The van der Waals surface area contributed by atoms with Crippen LogP contribution in [-0.4, -0.2) is 84.9 Å². The van der Waals surface area contributed by atoms with Gasteiger partial charge in [0.2, 0.25) is 0 Å². The Hall–Kier alpha value is -3.11. The van der Waals surface area contributed by atoms with Crippen molar-refractivity contribution in [3.63, 3.8) is 0 Å². The van der Waals surface area contributed by atoms with E-state index in [1.165, 1.54) is 44.9 Å². The van der Waals surface area contributed by atoms with E-state index >= 15 is 0 Å². The van der Waals surface area contributed by atoms with E-state index in [0.717, 1.165) is 56.0 Å². The fraction of sp³-hybridized carbons (Fsp3) is 0.625. The van der Waals surface area contributed by atoms with E-state index in [2.05, 4.69) is 119 Å². The number of allylic oxidation sites excluding steroid dienone is 16. The molecular formula is C48H83NO9P+. The van der Waals surface area contributed by atoms with Crippen molar-refractivity contribution in [1.82, 2.24) is 0 Å². The summed E-state index contributed by atoms with van der Waals surface area (Å²) >= 11 is 0. The molecule has 0 bridgehead atoms. The molecule has 338 valence electrons. The van der Waals surface area contributed by atoms with Gasteiger partial charge in [0.25, 0.3) is 0 Å². The van der Waals surface area contributed by atoms with Crippen molar-refractivity contribution in [2.45, 2.75) is 148 Å². The lowest BCUT2D eigenvalue weighted by molar-refractivity contribution is -0.870. The first-order valence-corrected chi connectivity index (χ1v) is 23.5. The van der Waals surface area contributed by atoms with E-state index in [9.17, 15) is 14.2 Å². The van der Waals surface area contributed by atoms with E-state index in [1.807, 2.05) is 18.2 Å². The van der Waals surface area contributed by atoms with Gasteiger partial charge >= 0.3 is 19.8 Å². The van der Waals surface area contributed by atoms with Crippen LogP contribution in [0.15, 0.2) is 97.2 Å². The average molecular weight is 849 g/mol. The number of aliphatic hydroxyl groups excluding tert-OH is 1. The second-order valence-corrected chi connectivity index (χ2v) is 16.5. The van der Waals surface area contributed by atoms with Gasteiger partial charge in [-0.15, -0.1) is 0 Å². The molecule has 0 aromatic carbocycles. The number of phosphoric ester groups is 1. The van der Waals surface area contributed by atoms with Gasteiger partial charge in [0.05, 0.1) is 34.4 Å². The van der Waals surface area contributed by atoms with Crippen LogP contribution in [0.4, 0.5) is 0 Å². The molecular weight excluding hydrogens is 765 g/mol. The lowest BCUT2D eigenvalue weighted by atomic mass is 10.2. The van der Waals surface area contributed by atoms with E-state index in [-0.39, 0.29) is 26.1 Å². The summed E-state index contributed by atoms with van der Waals surface area (Å²) in [5.74, 6) is -1.03. The van der Waals surface area contributed by atoms with Gasteiger partial charge in [0, 0.05) is 12.8 Å². The van der Waals surface area contributed by atoms with E-state index in [0.29, 0.717) is 25.7 Å². The molecule has 3 N–H and O–H groups in total. The SMILES string of the molecule is CCCCC/C=C\C/C=C\C/C=C\C/C=C\CCCC(=O)OC[C@H](COP(=O)(O)O)OC(=O)CCC/C=C\C/C=C\C/C=C\C/C=C\CCCCC.C[N+](C)(C)CCO. The third-order valence-electron chi connectivity index (χ3n) is 8.35. The standard InChI is InChI=1S/C43H69O8P.C5H14NO/c1-3-5-7-9-11-13-15-17-19-21-23-25-27-29-31-33-35-37-42(44)49-39-41(40-50-52(46,47)48)51-43(45)38-36-34-32-30-28-26-24-22-20-18-16-14-12-10-8-6-4-2;1-6(2,3)4-5-7/h11-14,17-20,23-26,29-32,41H,3-10,15-16,21-22,27-28,33-40H2,1-2H3,(H2,46,47,48);7H,4-5H2,1-3H3/q;+1/b13-11-,14-12-,19-17-,20-18-,25-23-,26-24-,31-29-,32-30-;/t41-;/m1./s1. The van der Waals surface area contributed by atoms with Crippen molar-refractivity contribution in [2.75, 3.05) is 47.5 Å². The minimum absolute atomic E-state index is 0.119. The fourth-order valence-corrected chi connectivity index (χ4v) is 5.31. The van der Waals surface area contributed by atoms with Crippen LogP contribution >= 0.6 is 7.82 Å². The molecule has 59 heavy (non-hydrogen) atoms. The Morgan fingerprint density at radius 3 is 1.22 bits per heavy atom. The normalized spacial score (nSPS) is 13.4. The first-order valence-electron chi connectivity index (χ1n) is 22.0. The van der Waals surface area contributed by atoms with Gasteiger partial charge < -0.3 is 28.9 Å². The summed E-state index contributed by atoms with van der Waals surface area (Å²) < 4.78 is 27.1. The summed E-state index contributed by atoms with van der Waals surface area (Å²) in [5.41, 5.74) is 0. The van der Waals surface area contributed by atoms with Crippen LogP contribution in [0.3, 0.4) is 0 Å². The Morgan fingerprint density at radius 1 is 0.542 bits per heavy atom. The zero-order valence-corrected chi connectivity index (χ0v) is 38.4. The zero-order chi connectivity index (χ0) is 44.1. The summed E-state index contributed by atoms with van der Waals surface area (Å²) in [6.07, 6.45) is 51.4. The molecule has 10 nitrogen and oxygen atoms in total. The highest BCUT2D eigenvalue weighted by atomic mass is 31.2. The number of likely N-dealkylation sites (N-methyl/N-ethyl adjacent to an activating group) is 1. The van der Waals surface area contributed by atoms with Gasteiger partial charge in [-0.1, -0.05) is 137 Å². The number of carbonyl (C=O) groups excluding carboxylic acids is 2. The van der Waals surface area contributed by atoms with Crippen LogP contribution in [0, 0.1) is 0 Å². The van der Waals surface area contributed by atoms with Crippen LogP contribution in [0.1, 0.15) is 142 Å². The number of ether oxygens (including phenoxy) is 2. The van der Waals surface area contributed by atoms with E-state index in [4.69, 9.17) is 24.4 Å². The molecule has 0 aromatic rings. The van der Waals surface area contributed by atoms with E-state index in [1.54, 1.807) is 0 Å². The second-order valence-electron chi connectivity index (χ2n) is 15.3. The molecule has 0 radical (unpaired) electrons. The van der Waals surface area contributed by atoms with Gasteiger partial charge in [-0.05, 0) is 89.9 Å². The molecule has 0 aromatic heterocycles. The molecule has 1 atom stereocenters. The van der Waals surface area contributed by atoms with Crippen molar-refractivity contribution < 1.29 is 47.5 Å². The Bertz CT molecular complexity index is 1290. The maximum absolute atomic E-state index is 12.4. The first kappa shape index (κ1) is 58.0. The van der Waals surface area contributed by atoms with Crippen LogP contribution in [0.2, 0.25) is 0 Å². The molecule has 0 rings (SSSR count). The number of hydrogen-bond acceptors (Lipinski definition) is 7. The van der Waals surface area contributed by atoms with Gasteiger partial charge in [-0.25, -0.2) is 4.57 Å². The third-order valence-corrected chi connectivity index (χ3v) is 8.83. The molecule has 0 aliphatic carbocycles. The third kappa shape index (κ3) is 52.9. The van der Waals surface area contributed by atoms with Crippen molar-refractivity contribution in [3.8, 4) is 0 Å². The summed E-state index contributed by atoms with van der Waals surface area (Å²) in [7, 11) is 1.37. The Morgan fingerprint density at radius 2 is 0.898 bits per heavy atom. The lowest BCUT2D eigenvalue weighted by Gasteiger charge is -2.21. The summed E-state index contributed by atoms with van der Waals surface area (Å²) in [6, 6.07) is 0. The van der Waals surface area contributed by atoms with Crippen LogP contribution < -0.4 is 0 Å². The number of quaternary nitrogens is 1. The van der Waals surface area contributed by atoms with Crippen molar-refractivity contribution in [3.05, 3.63) is 97.2 Å². The van der Waals surface area contributed by atoms with Gasteiger partial charge in [-0.2, -0.15) is 0 Å². The molecule has 0 aliphatic rings. The second kappa shape index (κ2) is 43.0. The maximum Gasteiger partial charge on any atom is 0.469 e. The van der Waals surface area contributed by atoms with E-state index < -0.39 is 32.5 Å². The van der Waals surface area contributed by atoms with Crippen LogP contribution in [0.5, 0.6) is 0 Å². The van der Waals surface area contributed by atoms with Gasteiger partial charge in [0.15, 0.2) is 6.10 Å². The first-order chi connectivity index (χ1) is 28.3. The number of carbonyl (C=O) groups is 2. The number of unbranched alkanes of at least 4 members (excludes halogenated alkanes) is 8. The summed E-state index contributed by atoms with van der Waals surface area (Å²) in [6.45, 7) is 4.63. The molecule has 0 fully saturated rings. The Labute approximate surface area is 359 Å². The number of nitrogens with zero attached hydrogens (tertiary/aromatic N) is 1. The number of esters is 2. The number of rotatable bonds is 36. The number of hydrogen-bond donors (Lipinski definition) is 3. The molecule has 0 heterocycles. The van der Waals surface area contributed by atoms with Crippen molar-refractivity contribution in [1.29, 1.82) is 0 Å². The van der Waals surface area contributed by atoms with Crippen molar-refractivity contribution >= 4 is 19.8 Å². The molecule has 0 aliphatic heterocycles. The minimum Gasteiger partial charge on any atom is -0.462 e. The molecule has 0 spiro atoms. The van der Waals surface area contributed by atoms with Gasteiger partial charge in [-0.3, -0.25) is 14.1 Å². The fourth-order valence-electron chi connectivity index (χ4n) is 4.95. The topological polar surface area (TPSA) is 140 Å². The molecule has 0 unspecified atom stereocenters. The summed E-state index contributed by atoms with van der Waals surface area (Å²) in [4.78, 5) is 42.7. The van der Waals surface area contributed by atoms with Crippen molar-refractivity contribution in [2.24, 2.45) is 0 Å². The Balaban J connectivity index is 0. The highest BCUT2D eigenvalue weighted by Crippen LogP contribution is 2.36. The number of aliphatic hydroxyl groups is 1. The minimum atomic E-state index is -4.79. The molecule has 11 heteroatoms. The van der Waals surface area contributed by atoms with Crippen LogP contribution in [-0.2, 0) is 28.2 Å². The monoisotopic (exact) mass is 849 g/mol. The number of phosphoric acid groups is 1. The Kier molecular flexibility index (Phi) is 42.3. The predicted octanol–water partition coefficient (Wildman–Crippen LogP) is 11.5. The molecule has 0 amide bonds.